The molecule has 0 amide bonds. The summed E-state index contributed by atoms with van der Waals surface area (Å²) in [6.45, 7) is 5.64. The van der Waals surface area contributed by atoms with Crippen molar-refractivity contribution in [3.63, 3.8) is 0 Å². The van der Waals surface area contributed by atoms with Gasteiger partial charge in [-0.1, -0.05) is 55.8 Å². The van der Waals surface area contributed by atoms with Gasteiger partial charge in [-0.3, -0.25) is 0 Å². The Balaban J connectivity index is 1.79. The second-order valence-corrected chi connectivity index (χ2v) is 7.37. The molecule has 0 fully saturated rings. The van der Waals surface area contributed by atoms with E-state index in [9.17, 15) is 0 Å². The monoisotopic (exact) mass is 336 g/mol. The molecule has 0 heterocycles. The minimum atomic E-state index is 0.581. The highest BCUT2D eigenvalue weighted by Crippen LogP contribution is 2.31. The minimum Gasteiger partial charge on any atom is -0.368 e. The Hall–Kier alpha value is -1.80. The summed E-state index contributed by atoms with van der Waals surface area (Å²) in [6, 6.07) is 19.0. The number of aryl methyl sites for hydroxylation is 1. The largest absolute Gasteiger partial charge is 0.368 e. The van der Waals surface area contributed by atoms with Crippen LogP contribution in [0.2, 0.25) is 0 Å². The van der Waals surface area contributed by atoms with Crippen LogP contribution in [0.3, 0.4) is 0 Å². The lowest BCUT2D eigenvalue weighted by Gasteiger charge is -2.34. The Labute approximate surface area is 153 Å². The van der Waals surface area contributed by atoms with E-state index in [4.69, 9.17) is 0 Å². The molecule has 3 rings (SSSR count). The van der Waals surface area contributed by atoms with Crippen LogP contribution in [-0.4, -0.2) is 25.7 Å². The van der Waals surface area contributed by atoms with Gasteiger partial charge in [-0.15, -0.1) is 0 Å². The molecule has 0 spiro atoms. The molecule has 1 aliphatic rings. The third kappa shape index (κ3) is 4.24. The number of hydrogen-bond donors (Lipinski definition) is 1. The Morgan fingerprint density at radius 2 is 1.64 bits per heavy atom. The number of benzene rings is 2. The number of rotatable bonds is 8. The molecule has 0 bridgehead atoms. The summed E-state index contributed by atoms with van der Waals surface area (Å²) in [4.78, 5) is 2.68. The highest BCUT2D eigenvalue weighted by molar-refractivity contribution is 5.55. The van der Waals surface area contributed by atoms with Crippen LogP contribution in [0, 0.1) is 6.92 Å². The first-order valence-corrected chi connectivity index (χ1v) is 9.79. The van der Waals surface area contributed by atoms with Gasteiger partial charge in [-0.2, -0.15) is 0 Å². The first kappa shape index (κ1) is 18.0. The Kier molecular flexibility index (Phi) is 6.14. The van der Waals surface area contributed by atoms with Crippen molar-refractivity contribution in [2.24, 2.45) is 0 Å². The molecule has 0 aliphatic heterocycles. The summed E-state index contributed by atoms with van der Waals surface area (Å²) in [5.41, 5.74) is 5.86. The fourth-order valence-electron chi connectivity index (χ4n) is 4.22. The maximum atomic E-state index is 3.51. The summed E-state index contributed by atoms with van der Waals surface area (Å²) >= 11 is 0. The molecule has 0 saturated heterocycles. The van der Waals surface area contributed by atoms with Crippen molar-refractivity contribution < 1.29 is 0 Å². The number of nitrogens with zero attached hydrogens (tertiary/aromatic N) is 1. The fraction of sp³-hybridized carbons (Fsp3) is 0.478. The van der Waals surface area contributed by atoms with E-state index in [1.165, 1.54) is 54.5 Å². The summed E-state index contributed by atoms with van der Waals surface area (Å²) in [7, 11) is 2.10. The topological polar surface area (TPSA) is 15.3 Å². The lowest BCUT2D eigenvalue weighted by atomic mass is 10.0. The number of hydrogen-bond acceptors (Lipinski definition) is 2. The van der Waals surface area contributed by atoms with Crippen LogP contribution < -0.4 is 10.2 Å². The maximum absolute atomic E-state index is 3.51. The molecule has 134 valence electrons. The predicted octanol–water partition coefficient (Wildman–Crippen LogP) is 4.75. The molecule has 2 aromatic rings. The normalized spacial score (nSPS) is 15.2. The zero-order valence-electron chi connectivity index (χ0n) is 16.0. The van der Waals surface area contributed by atoms with Gasteiger partial charge in [-0.25, -0.2) is 0 Å². The molecule has 0 aromatic heterocycles. The maximum Gasteiger partial charge on any atom is 0.0398 e. The van der Waals surface area contributed by atoms with Crippen LogP contribution >= 0.6 is 0 Å². The lowest BCUT2D eigenvalue weighted by Crippen LogP contribution is -2.40. The van der Waals surface area contributed by atoms with E-state index in [1.807, 2.05) is 0 Å². The van der Waals surface area contributed by atoms with Crippen molar-refractivity contribution in [3.05, 3.63) is 65.2 Å². The van der Waals surface area contributed by atoms with Gasteiger partial charge in [0.25, 0.3) is 0 Å². The van der Waals surface area contributed by atoms with E-state index in [-0.39, 0.29) is 0 Å². The van der Waals surface area contributed by atoms with Crippen molar-refractivity contribution in [3.8, 4) is 0 Å². The van der Waals surface area contributed by atoms with Gasteiger partial charge < -0.3 is 10.2 Å². The van der Waals surface area contributed by atoms with E-state index in [2.05, 4.69) is 79.6 Å². The average molecular weight is 337 g/mol. The summed E-state index contributed by atoms with van der Waals surface area (Å²) in [5, 5.41) is 3.51. The SMILES string of the molecule is CCCC(CCN(c1ccccc1C)C1Cc2ccccc2C1)NC. The van der Waals surface area contributed by atoms with E-state index in [1.54, 1.807) is 0 Å². The summed E-state index contributed by atoms with van der Waals surface area (Å²) < 4.78 is 0. The average Bonchev–Trinajstić information content (AvgIpc) is 3.06. The number of anilines is 1. The molecule has 2 aromatic carbocycles. The molecule has 1 atom stereocenters. The van der Waals surface area contributed by atoms with Crippen LogP contribution in [-0.2, 0) is 12.8 Å². The molecule has 0 saturated carbocycles. The Morgan fingerprint density at radius 3 is 2.24 bits per heavy atom. The van der Waals surface area contributed by atoms with Gasteiger partial charge in [0, 0.05) is 24.3 Å². The molecule has 0 radical (unpaired) electrons. The zero-order valence-corrected chi connectivity index (χ0v) is 16.0. The van der Waals surface area contributed by atoms with Gasteiger partial charge in [-0.05, 0) is 62.4 Å². The Bertz CT molecular complexity index is 654. The van der Waals surface area contributed by atoms with Crippen molar-refractivity contribution in [1.29, 1.82) is 0 Å². The van der Waals surface area contributed by atoms with Gasteiger partial charge >= 0.3 is 0 Å². The molecular formula is C23H32N2. The standard InChI is InChI=1S/C23H32N2/c1-4-9-21(24-3)14-15-25(23-13-8-5-10-18(23)2)22-16-19-11-6-7-12-20(19)17-22/h5-8,10-13,21-22,24H,4,9,14-17H2,1-3H3. The highest BCUT2D eigenvalue weighted by atomic mass is 15.2. The second kappa shape index (κ2) is 8.53. The van der Waals surface area contributed by atoms with Gasteiger partial charge in [0.2, 0.25) is 0 Å². The first-order chi connectivity index (χ1) is 12.2. The minimum absolute atomic E-state index is 0.581. The molecule has 1 aliphatic carbocycles. The van der Waals surface area contributed by atoms with Crippen molar-refractivity contribution >= 4 is 5.69 Å². The quantitative estimate of drug-likeness (QED) is 0.748. The molecule has 2 nitrogen and oxygen atoms in total. The second-order valence-electron chi connectivity index (χ2n) is 7.37. The van der Waals surface area contributed by atoms with Crippen LogP contribution in [0.15, 0.2) is 48.5 Å². The zero-order chi connectivity index (χ0) is 17.6. The van der Waals surface area contributed by atoms with Crippen LogP contribution in [0.5, 0.6) is 0 Å². The summed E-state index contributed by atoms with van der Waals surface area (Å²) in [5.74, 6) is 0. The van der Waals surface area contributed by atoms with Crippen LogP contribution in [0.4, 0.5) is 5.69 Å². The lowest BCUT2D eigenvalue weighted by molar-refractivity contribution is 0.468. The third-order valence-electron chi connectivity index (χ3n) is 5.66. The fourth-order valence-corrected chi connectivity index (χ4v) is 4.22. The van der Waals surface area contributed by atoms with Gasteiger partial charge in [0.1, 0.15) is 0 Å². The van der Waals surface area contributed by atoms with E-state index >= 15 is 0 Å². The Morgan fingerprint density at radius 1 is 1.00 bits per heavy atom. The molecular weight excluding hydrogens is 304 g/mol. The number of fused-ring (bicyclic) bond motifs is 1. The van der Waals surface area contributed by atoms with Crippen molar-refractivity contribution in [2.45, 2.75) is 58.0 Å². The predicted molar refractivity (Wildman–Crippen MR) is 109 cm³/mol. The number of para-hydroxylation sites is 1. The third-order valence-corrected chi connectivity index (χ3v) is 5.66. The molecule has 1 unspecified atom stereocenters. The molecule has 25 heavy (non-hydrogen) atoms. The van der Waals surface area contributed by atoms with Crippen LogP contribution in [0.1, 0.15) is 42.9 Å². The highest BCUT2D eigenvalue weighted by Gasteiger charge is 2.27. The van der Waals surface area contributed by atoms with E-state index < -0.39 is 0 Å². The number of nitrogens with one attached hydrogen (secondary N) is 1. The van der Waals surface area contributed by atoms with E-state index in [0.29, 0.717) is 12.1 Å². The smallest absolute Gasteiger partial charge is 0.0398 e. The first-order valence-electron chi connectivity index (χ1n) is 9.79. The van der Waals surface area contributed by atoms with Crippen LogP contribution in [0.25, 0.3) is 0 Å². The van der Waals surface area contributed by atoms with Crippen molar-refractivity contribution in [1.82, 2.24) is 5.32 Å². The van der Waals surface area contributed by atoms with E-state index in [0.717, 1.165) is 6.54 Å². The van der Waals surface area contributed by atoms with Crippen molar-refractivity contribution in [2.75, 3.05) is 18.5 Å². The molecule has 2 heteroatoms. The summed E-state index contributed by atoms with van der Waals surface area (Å²) in [6.07, 6.45) is 6.03. The molecule has 1 N–H and O–H groups in total. The van der Waals surface area contributed by atoms with Gasteiger partial charge in [0.15, 0.2) is 0 Å². The van der Waals surface area contributed by atoms with Gasteiger partial charge in [0.05, 0.1) is 0 Å².